The molecule has 0 aliphatic rings. The van der Waals surface area contributed by atoms with Crippen LogP contribution in [0.15, 0.2) is 91.1 Å². The molecule has 1 heteroatoms. The Balaban J connectivity index is 1.79. The number of hydrogen-bond donors (Lipinski definition) is 0. The minimum Gasteiger partial charge on any atom is -0.256 e. The molecule has 0 aliphatic carbocycles. The Kier molecular flexibility index (Phi) is 3.50. The van der Waals surface area contributed by atoms with Crippen molar-refractivity contribution >= 4 is 0 Å². The maximum absolute atomic E-state index is 7.93. The molecule has 0 amide bonds. The molecular formula is C25H21N. The summed E-state index contributed by atoms with van der Waals surface area (Å²) in [5, 5.41) is 0. The summed E-state index contributed by atoms with van der Waals surface area (Å²) in [6.07, 6.45) is 1.48. The number of rotatable bonds is 3. The molecule has 0 unspecified atom stereocenters. The SMILES string of the molecule is [2H]C([2H])([2H])c1cnc(-c2ccccc2)cc1-c1ccc(-c2ccc(C)cc2)cc1. The largest absolute Gasteiger partial charge is 0.256 e. The van der Waals surface area contributed by atoms with Gasteiger partial charge in [0.15, 0.2) is 0 Å². The highest BCUT2D eigenvalue weighted by Crippen LogP contribution is 2.29. The molecule has 0 bridgehead atoms. The highest BCUT2D eigenvalue weighted by Gasteiger charge is 2.07. The van der Waals surface area contributed by atoms with Crippen LogP contribution < -0.4 is 0 Å². The van der Waals surface area contributed by atoms with Gasteiger partial charge in [-0.2, -0.15) is 0 Å². The van der Waals surface area contributed by atoms with Gasteiger partial charge in [-0.15, -0.1) is 0 Å². The molecule has 0 saturated carbocycles. The van der Waals surface area contributed by atoms with Gasteiger partial charge in [0.05, 0.1) is 5.69 Å². The summed E-state index contributed by atoms with van der Waals surface area (Å²) in [6.45, 7) is -0.163. The van der Waals surface area contributed by atoms with E-state index in [1.54, 1.807) is 0 Å². The molecule has 0 spiro atoms. The fourth-order valence-corrected chi connectivity index (χ4v) is 3.05. The quantitative estimate of drug-likeness (QED) is 0.405. The van der Waals surface area contributed by atoms with Crippen LogP contribution in [0.25, 0.3) is 33.5 Å². The van der Waals surface area contributed by atoms with E-state index in [-0.39, 0.29) is 5.56 Å². The van der Waals surface area contributed by atoms with Crippen LogP contribution in [-0.2, 0) is 0 Å². The van der Waals surface area contributed by atoms with Crippen molar-refractivity contribution < 1.29 is 4.11 Å². The van der Waals surface area contributed by atoms with E-state index in [1.807, 2.05) is 60.7 Å². The lowest BCUT2D eigenvalue weighted by molar-refractivity contribution is 1.27. The third kappa shape index (κ3) is 3.29. The van der Waals surface area contributed by atoms with Crippen molar-refractivity contribution in [1.29, 1.82) is 0 Å². The molecule has 1 aromatic heterocycles. The molecule has 4 aromatic rings. The van der Waals surface area contributed by atoms with Crippen LogP contribution in [0.4, 0.5) is 0 Å². The third-order valence-corrected chi connectivity index (χ3v) is 4.55. The Morgan fingerprint density at radius 2 is 1.31 bits per heavy atom. The molecule has 1 nitrogen and oxygen atoms in total. The third-order valence-electron chi connectivity index (χ3n) is 4.55. The molecule has 3 aromatic carbocycles. The van der Waals surface area contributed by atoms with Crippen LogP contribution in [-0.4, -0.2) is 4.98 Å². The van der Waals surface area contributed by atoms with E-state index in [9.17, 15) is 0 Å². The van der Waals surface area contributed by atoms with Crippen LogP contribution in [0.3, 0.4) is 0 Å². The van der Waals surface area contributed by atoms with Crippen molar-refractivity contribution in [3.8, 4) is 33.5 Å². The summed E-state index contributed by atoms with van der Waals surface area (Å²) >= 11 is 0. The van der Waals surface area contributed by atoms with E-state index in [2.05, 4.69) is 36.2 Å². The first-order chi connectivity index (χ1) is 13.9. The lowest BCUT2D eigenvalue weighted by atomic mass is 9.97. The number of nitrogens with zero attached hydrogens (tertiary/aromatic N) is 1. The van der Waals surface area contributed by atoms with Gasteiger partial charge in [0.25, 0.3) is 0 Å². The molecule has 0 N–H and O–H groups in total. The molecule has 1 heterocycles. The summed E-state index contributed by atoms with van der Waals surface area (Å²) in [5.41, 5.74) is 7.00. The van der Waals surface area contributed by atoms with Gasteiger partial charge >= 0.3 is 0 Å². The minimum atomic E-state index is -2.23. The first-order valence-corrected chi connectivity index (χ1v) is 8.65. The molecule has 0 fully saturated rings. The minimum absolute atomic E-state index is 0.264. The van der Waals surface area contributed by atoms with E-state index < -0.39 is 6.85 Å². The summed E-state index contributed by atoms with van der Waals surface area (Å²) in [6, 6.07) is 28.1. The van der Waals surface area contributed by atoms with Crippen LogP contribution in [0.5, 0.6) is 0 Å². The Labute approximate surface area is 159 Å². The predicted octanol–water partition coefficient (Wildman–Crippen LogP) is 6.70. The summed E-state index contributed by atoms with van der Waals surface area (Å²) < 4.78 is 23.8. The molecule has 0 saturated heterocycles. The van der Waals surface area contributed by atoms with E-state index in [4.69, 9.17) is 4.11 Å². The number of aryl methyl sites for hydroxylation is 2. The van der Waals surface area contributed by atoms with Gasteiger partial charge in [-0.05, 0) is 47.7 Å². The predicted molar refractivity (Wildman–Crippen MR) is 110 cm³/mol. The Hall–Kier alpha value is -3.19. The second kappa shape index (κ2) is 6.97. The van der Waals surface area contributed by atoms with E-state index in [1.165, 1.54) is 11.8 Å². The molecule has 0 atom stereocenters. The van der Waals surface area contributed by atoms with Crippen molar-refractivity contribution in [2.24, 2.45) is 0 Å². The number of pyridine rings is 1. The Bertz CT molecular complexity index is 1110. The highest BCUT2D eigenvalue weighted by atomic mass is 14.7. The van der Waals surface area contributed by atoms with E-state index in [0.717, 1.165) is 27.9 Å². The van der Waals surface area contributed by atoms with Gasteiger partial charge in [-0.25, -0.2) is 0 Å². The zero-order valence-corrected chi connectivity index (χ0v) is 14.6. The van der Waals surface area contributed by atoms with Crippen molar-refractivity contribution in [3.05, 3.63) is 102 Å². The van der Waals surface area contributed by atoms with Gasteiger partial charge in [-0.3, -0.25) is 4.98 Å². The summed E-state index contributed by atoms with van der Waals surface area (Å²) in [7, 11) is 0. The van der Waals surface area contributed by atoms with Gasteiger partial charge in [-0.1, -0.05) is 84.4 Å². The highest BCUT2D eigenvalue weighted by molar-refractivity contribution is 5.75. The van der Waals surface area contributed by atoms with Crippen LogP contribution in [0.1, 0.15) is 15.2 Å². The first-order valence-electron chi connectivity index (χ1n) is 10.2. The summed E-state index contributed by atoms with van der Waals surface area (Å²) in [5.74, 6) is 0. The maximum atomic E-state index is 7.93. The molecule has 0 radical (unpaired) electrons. The zero-order valence-electron chi connectivity index (χ0n) is 17.6. The smallest absolute Gasteiger partial charge is 0.0708 e. The first kappa shape index (κ1) is 13.1. The van der Waals surface area contributed by atoms with Crippen molar-refractivity contribution in [2.45, 2.75) is 13.8 Å². The van der Waals surface area contributed by atoms with Gasteiger partial charge in [0.2, 0.25) is 0 Å². The lowest BCUT2D eigenvalue weighted by Gasteiger charge is -2.10. The molecule has 126 valence electrons. The monoisotopic (exact) mass is 338 g/mol. The maximum Gasteiger partial charge on any atom is 0.0708 e. The van der Waals surface area contributed by atoms with Gasteiger partial charge in [0.1, 0.15) is 0 Å². The van der Waals surface area contributed by atoms with Crippen LogP contribution in [0.2, 0.25) is 0 Å². The van der Waals surface area contributed by atoms with E-state index >= 15 is 0 Å². The fourth-order valence-electron chi connectivity index (χ4n) is 3.05. The second-order valence-electron chi connectivity index (χ2n) is 6.42. The lowest BCUT2D eigenvalue weighted by Crippen LogP contribution is -1.90. The topological polar surface area (TPSA) is 12.9 Å². The average Bonchev–Trinajstić information content (AvgIpc) is 2.74. The molecule has 0 aliphatic heterocycles. The Morgan fingerprint density at radius 1 is 0.692 bits per heavy atom. The Morgan fingerprint density at radius 3 is 1.96 bits per heavy atom. The van der Waals surface area contributed by atoms with Crippen LogP contribution in [0, 0.1) is 13.8 Å². The van der Waals surface area contributed by atoms with Crippen molar-refractivity contribution in [3.63, 3.8) is 0 Å². The van der Waals surface area contributed by atoms with Crippen molar-refractivity contribution in [2.75, 3.05) is 0 Å². The second-order valence-corrected chi connectivity index (χ2v) is 6.42. The molecular weight excluding hydrogens is 314 g/mol. The van der Waals surface area contributed by atoms with E-state index in [0.29, 0.717) is 5.56 Å². The number of benzene rings is 3. The molecule has 4 rings (SSSR count). The van der Waals surface area contributed by atoms with Crippen molar-refractivity contribution in [1.82, 2.24) is 4.98 Å². The average molecular weight is 338 g/mol. The van der Waals surface area contributed by atoms with Gasteiger partial charge in [0, 0.05) is 15.9 Å². The normalized spacial score (nSPS) is 12.9. The van der Waals surface area contributed by atoms with Gasteiger partial charge < -0.3 is 0 Å². The number of aromatic nitrogens is 1. The standard InChI is InChI=1S/C25H21N/c1-18-8-10-20(11-9-18)21-12-14-22(15-13-21)24-16-25(26-17-19(24)2)23-6-4-3-5-7-23/h3-17H,1-2H3/i2D3. The van der Waals surface area contributed by atoms with Crippen LogP contribution >= 0.6 is 0 Å². The molecule has 26 heavy (non-hydrogen) atoms. The zero-order chi connectivity index (χ0) is 20.4. The fraction of sp³-hybridized carbons (Fsp3) is 0.0800. The summed E-state index contributed by atoms with van der Waals surface area (Å²) in [4.78, 5) is 4.41. The number of hydrogen-bond acceptors (Lipinski definition) is 1.